The largest absolute Gasteiger partial charge is 0.336 e. The van der Waals surface area contributed by atoms with Crippen molar-refractivity contribution in [3.05, 3.63) is 0 Å². The zero-order chi connectivity index (χ0) is 11.7. The summed E-state index contributed by atoms with van der Waals surface area (Å²) in [6.07, 6.45) is 5.20. The molecule has 0 aromatic rings. The molecule has 3 nitrogen and oxygen atoms in total. The fourth-order valence-corrected chi connectivity index (χ4v) is 5.50. The van der Waals surface area contributed by atoms with Gasteiger partial charge in [-0.3, -0.25) is 10.1 Å². The summed E-state index contributed by atoms with van der Waals surface area (Å²) in [5.74, 6) is 3.40. The second kappa shape index (κ2) is 5.41. The Morgan fingerprint density at radius 2 is 2.18 bits per heavy atom. The molecule has 1 amide bonds. The van der Waals surface area contributed by atoms with Gasteiger partial charge in [0.2, 0.25) is 5.91 Å². The Kier molecular flexibility index (Phi) is 3.87. The second-order valence-electron chi connectivity index (χ2n) is 5.06. The first-order valence-electron chi connectivity index (χ1n) is 6.59. The first-order chi connectivity index (χ1) is 8.36. The summed E-state index contributed by atoms with van der Waals surface area (Å²) in [7, 11) is 0. The lowest BCUT2D eigenvalue weighted by Gasteiger charge is -2.44. The normalized spacial score (nSPS) is 37.9. The van der Waals surface area contributed by atoms with Crippen molar-refractivity contribution in [2.45, 2.75) is 43.0 Å². The Balaban J connectivity index is 1.69. The number of hydrogen-bond donors (Lipinski definition) is 1. The van der Waals surface area contributed by atoms with Gasteiger partial charge in [-0.2, -0.15) is 11.8 Å². The summed E-state index contributed by atoms with van der Waals surface area (Å²) in [6, 6.07) is 0.619. The zero-order valence-electron chi connectivity index (χ0n) is 10.1. The molecule has 3 aliphatic rings. The van der Waals surface area contributed by atoms with Crippen LogP contribution >= 0.6 is 23.5 Å². The topological polar surface area (TPSA) is 32.3 Å². The molecule has 3 fully saturated rings. The number of thioether (sulfide) groups is 2. The lowest BCUT2D eigenvalue weighted by Crippen LogP contribution is -2.56. The van der Waals surface area contributed by atoms with Crippen LogP contribution in [0.4, 0.5) is 0 Å². The number of hydrogen-bond acceptors (Lipinski definition) is 4. The number of amides is 1. The van der Waals surface area contributed by atoms with Crippen molar-refractivity contribution < 1.29 is 4.79 Å². The third-order valence-electron chi connectivity index (χ3n) is 4.03. The Morgan fingerprint density at radius 3 is 3.00 bits per heavy atom. The molecule has 3 atom stereocenters. The lowest BCUT2D eigenvalue weighted by molar-refractivity contribution is -0.135. The molecule has 3 rings (SSSR count). The molecule has 5 heteroatoms. The third kappa shape index (κ3) is 2.47. The van der Waals surface area contributed by atoms with Gasteiger partial charge in [-0.05, 0) is 12.8 Å². The van der Waals surface area contributed by atoms with Gasteiger partial charge in [0, 0.05) is 35.2 Å². The van der Waals surface area contributed by atoms with E-state index in [1.807, 2.05) is 11.8 Å². The fraction of sp³-hybridized carbons (Fsp3) is 0.917. The molecule has 0 spiro atoms. The van der Waals surface area contributed by atoms with Gasteiger partial charge in [-0.15, -0.1) is 11.8 Å². The maximum Gasteiger partial charge on any atom is 0.240 e. The van der Waals surface area contributed by atoms with Crippen LogP contribution < -0.4 is 5.32 Å². The lowest BCUT2D eigenvalue weighted by atomic mass is 9.93. The van der Waals surface area contributed by atoms with Crippen molar-refractivity contribution in [1.82, 2.24) is 10.2 Å². The van der Waals surface area contributed by atoms with E-state index in [0.717, 1.165) is 29.2 Å². The summed E-state index contributed by atoms with van der Waals surface area (Å²) in [6.45, 7) is 0.966. The van der Waals surface area contributed by atoms with Gasteiger partial charge in [0.15, 0.2) is 0 Å². The molecule has 3 unspecified atom stereocenters. The van der Waals surface area contributed by atoms with Crippen LogP contribution in [0, 0.1) is 0 Å². The van der Waals surface area contributed by atoms with Gasteiger partial charge in [0.1, 0.15) is 0 Å². The van der Waals surface area contributed by atoms with Crippen LogP contribution in [0.3, 0.4) is 0 Å². The minimum absolute atomic E-state index is 0.0886. The monoisotopic (exact) mass is 272 g/mol. The minimum Gasteiger partial charge on any atom is -0.336 e. The maximum atomic E-state index is 12.5. The van der Waals surface area contributed by atoms with Crippen LogP contribution in [0.5, 0.6) is 0 Å². The van der Waals surface area contributed by atoms with Crippen molar-refractivity contribution in [3.8, 4) is 0 Å². The number of carbonyl (C=O) groups excluding carboxylic acids is 1. The van der Waals surface area contributed by atoms with Crippen molar-refractivity contribution in [1.29, 1.82) is 0 Å². The van der Waals surface area contributed by atoms with Crippen LogP contribution in [0.2, 0.25) is 0 Å². The van der Waals surface area contributed by atoms with Crippen molar-refractivity contribution >= 4 is 29.4 Å². The van der Waals surface area contributed by atoms with Crippen molar-refractivity contribution in [3.63, 3.8) is 0 Å². The molecule has 0 aromatic carbocycles. The van der Waals surface area contributed by atoms with E-state index in [-0.39, 0.29) is 6.04 Å². The summed E-state index contributed by atoms with van der Waals surface area (Å²) < 4.78 is 0. The van der Waals surface area contributed by atoms with Crippen LogP contribution in [0.15, 0.2) is 0 Å². The van der Waals surface area contributed by atoms with Gasteiger partial charge in [0.05, 0.1) is 6.04 Å². The van der Waals surface area contributed by atoms with Crippen molar-refractivity contribution in [2.24, 2.45) is 0 Å². The first-order valence-corrected chi connectivity index (χ1v) is 8.80. The van der Waals surface area contributed by atoms with Gasteiger partial charge in [-0.25, -0.2) is 0 Å². The Hall–Kier alpha value is 0.130. The fourth-order valence-electron chi connectivity index (χ4n) is 3.12. The molecule has 2 heterocycles. The summed E-state index contributed by atoms with van der Waals surface area (Å²) >= 11 is 3.93. The van der Waals surface area contributed by atoms with Crippen LogP contribution in [-0.4, -0.2) is 52.1 Å². The summed E-state index contributed by atoms with van der Waals surface area (Å²) in [5.41, 5.74) is 0. The molecule has 0 radical (unpaired) electrons. The predicted molar refractivity (Wildman–Crippen MR) is 74.5 cm³/mol. The number of fused-ring (bicyclic) bond motifs is 1. The number of nitrogens with zero attached hydrogens (tertiary/aromatic N) is 1. The molecular formula is C12H20N2OS2. The van der Waals surface area contributed by atoms with Gasteiger partial charge in [0.25, 0.3) is 0 Å². The van der Waals surface area contributed by atoms with E-state index in [1.165, 1.54) is 25.7 Å². The SMILES string of the molecule is O=C(C1CSCN1)N1CCSC2CCCCC21. The molecular weight excluding hydrogens is 252 g/mol. The molecule has 0 bridgehead atoms. The van der Waals surface area contributed by atoms with E-state index in [4.69, 9.17) is 0 Å². The van der Waals surface area contributed by atoms with E-state index in [2.05, 4.69) is 22.0 Å². The average Bonchev–Trinajstić information content (AvgIpc) is 2.91. The van der Waals surface area contributed by atoms with Crippen LogP contribution in [0.25, 0.3) is 0 Å². The molecule has 1 saturated carbocycles. The van der Waals surface area contributed by atoms with E-state index >= 15 is 0 Å². The molecule has 2 saturated heterocycles. The Bertz CT molecular complexity index is 292. The summed E-state index contributed by atoms with van der Waals surface area (Å²) in [5, 5.41) is 4.03. The molecule has 2 aliphatic heterocycles. The van der Waals surface area contributed by atoms with Gasteiger partial charge >= 0.3 is 0 Å². The molecule has 1 N–H and O–H groups in total. The van der Waals surface area contributed by atoms with E-state index in [0.29, 0.717) is 11.9 Å². The Morgan fingerprint density at radius 1 is 1.29 bits per heavy atom. The first kappa shape index (κ1) is 12.2. The highest BCUT2D eigenvalue weighted by molar-refractivity contribution is 8.00. The van der Waals surface area contributed by atoms with Gasteiger partial charge < -0.3 is 4.90 Å². The van der Waals surface area contributed by atoms with Crippen LogP contribution in [-0.2, 0) is 4.79 Å². The molecule has 96 valence electrons. The molecule has 1 aliphatic carbocycles. The highest BCUT2D eigenvalue weighted by Crippen LogP contribution is 2.36. The predicted octanol–water partition coefficient (Wildman–Crippen LogP) is 1.54. The zero-order valence-corrected chi connectivity index (χ0v) is 11.7. The quantitative estimate of drug-likeness (QED) is 0.785. The van der Waals surface area contributed by atoms with Crippen molar-refractivity contribution in [2.75, 3.05) is 23.9 Å². The number of nitrogens with one attached hydrogen (secondary N) is 1. The summed E-state index contributed by atoms with van der Waals surface area (Å²) in [4.78, 5) is 14.7. The molecule has 0 aromatic heterocycles. The van der Waals surface area contributed by atoms with Crippen LogP contribution in [0.1, 0.15) is 25.7 Å². The van der Waals surface area contributed by atoms with E-state index < -0.39 is 0 Å². The highest BCUT2D eigenvalue weighted by atomic mass is 32.2. The third-order valence-corrected chi connectivity index (χ3v) is 6.37. The highest BCUT2D eigenvalue weighted by Gasteiger charge is 2.38. The maximum absolute atomic E-state index is 12.5. The minimum atomic E-state index is 0.0886. The van der Waals surface area contributed by atoms with E-state index in [9.17, 15) is 4.79 Å². The van der Waals surface area contributed by atoms with E-state index in [1.54, 1.807) is 0 Å². The number of rotatable bonds is 1. The smallest absolute Gasteiger partial charge is 0.240 e. The molecule has 17 heavy (non-hydrogen) atoms. The average molecular weight is 272 g/mol. The van der Waals surface area contributed by atoms with Gasteiger partial charge in [-0.1, -0.05) is 12.8 Å². The number of carbonyl (C=O) groups is 1. The standard InChI is InChI=1S/C12H20N2OS2/c15-12(9-7-16-8-13-9)14-5-6-17-11-4-2-1-3-10(11)14/h9-11,13H,1-8H2. The Labute approximate surface area is 111 Å². The second-order valence-corrected chi connectivity index (χ2v) is 7.44.